The average molecular weight is 466 g/mol. The maximum atomic E-state index is 13.3. The van der Waals surface area contributed by atoms with Gasteiger partial charge in [-0.3, -0.25) is 9.69 Å². The second-order valence-electron chi connectivity index (χ2n) is 9.31. The summed E-state index contributed by atoms with van der Waals surface area (Å²) in [6, 6.07) is 4.43. The summed E-state index contributed by atoms with van der Waals surface area (Å²) in [6.45, 7) is 8.93. The second kappa shape index (κ2) is 8.55. The van der Waals surface area contributed by atoms with E-state index in [1.807, 2.05) is 28.7 Å². The number of thiophene rings is 1. The van der Waals surface area contributed by atoms with Crippen molar-refractivity contribution in [3.05, 3.63) is 40.7 Å². The van der Waals surface area contributed by atoms with Crippen LogP contribution in [0.5, 0.6) is 0 Å². The molecule has 4 aromatic rings. The van der Waals surface area contributed by atoms with Crippen molar-refractivity contribution in [3.8, 4) is 11.3 Å². The van der Waals surface area contributed by atoms with Crippen molar-refractivity contribution in [1.82, 2.24) is 29.4 Å². The molecule has 0 aromatic carbocycles. The number of amides is 1. The molecule has 1 saturated heterocycles. The van der Waals surface area contributed by atoms with E-state index in [4.69, 9.17) is 5.73 Å². The molecule has 1 amide bonds. The van der Waals surface area contributed by atoms with Crippen molar-refractivity contribution >= 4 is 33.1 Å². The van der Waals surface area contributed by atoms with Gasteiger partial charge in [-0.15, -0.1) is 11.3 Å². The molecule has 174 valence electrons. The first kappa shape index (κ1) is 22.1. The number of carbonyl (C=O) groups excluding carboxylic acids is 1. The Morgan fingerprint density at radius 1 is 1.33 bits per heavy atom. The molecule has 5 heterocycles. The first-order valence-corrected chi connectivity index (χ1v) is 12.3. The van der Waals surface area contributed by atoms with Gasteiger partial charge in [-0.1, -0.05) is 13.8 Å². The van der Waals surface area contributed by atoms with Crippen LogP contribution in [0.15, 0.2) is 24.7 Å². The van der Waals surface area contributed by atoms with Crippen LogP contribution < -0.4 is 5.73 Å². The van der Waals surface area contributed by atoms with Gasteiger partial charge in [-0.2, -0.15) is 5.10 Å². The lowest BCUT2D eigenvalue weighted by Gasteiger charge is -2.35. The Kier molecular flexibility index (Phi) is 5.72. The highest BCUT2D eigenvalue weighted by atomic mass is 32.1. The van der Waals surface area contributed by atoms with Crippen LogP contribution in [0, 0.1) is 6.92 Å². The minimum absolute atomic E-state index is 0.104. The van der Waals surface area contributed by atoms with Gasteiger partial charge in [0.2, 0.25) is 0 Å². The number of nitrogens with two attached hydrogens (primary N) is 1. The molecule has 8 nitrogen and oxygen atoms in total. The van der Waals surface area contributed by atoms with Crippen LogP contribution >= 0.6 is 11.3 Å². The lowest BCUT2D eigenvalue weighted by Crippen LogP contribution is -2.46. The van der Waals surface area contributed by atoms with Crippen molar-refractivity contribution in [1.29, 1.82) is 0 Å². The van der Waals surface area contributed by atoms with Crippen LogP contribution in [0.2, 0.25) is 0 Å². The van der Waals surface area contributed by atoms with E-state index in [9.17, 15) is 4.79 Å². The Hall–Kier alpha value is -2.75. The monoisotopic (exact) mass is 465 g/mol. The van der Waals surface area contributed by atoms with Crippen molar-refractivity contribution in [2.24, 2.45) is 5.73 Å². The largest absolute Gasteiger partial charge is 0.354 e. The number of hydrogen-bond acceptors (Lipinski definition) is 6. The highest BCUT2D eigenvalue weighted by Gasteiger charge is 2.28. The summed E-state index contributed by atoms with van der Waals surface area (Å²) in [7, 11) is 1.93. The normalized spacial score (nSPS) is 15.8. The van der Waals surface area contributed by atoms with Gasteiger partial charge in [0, 0.05) is 44.6 Å². The maximum Gasteiger partial charge on any atom is 0.264 e. The highest BCUT2D eigenvalue weighted by Crippen LogP contribution is 2.40. The summed E-state index contributed by atoms with van der Waals surface area (Å²) in [4.78, 5) is 26.2. The van der Waals surface area contributed by atoms with E-state index in [0.29, 0.717) is 12.6 Å². The van der Waals surface area contributed by atoms with Crippen molar-refractivity contribution in [2.75, 3.05) is 26.8 Å². The van der Waals surface area contributed by atoms with Gasteiger partial charge in [0.1, 0.15) is 6.33 Å². The molecule has 4 aromatic heterocycles. The Bertz CT molecular complexity index is 1310. The zero-order valence-corrected chi connectivity index (χ0v) is 20.4. The van der Waals surface area contributed by atoms with Crippen molar-refractivity contribution < 1.29 is 4.79 Å². The molecule has 0 radical (unpaired) electrons. The number of aromatic amines is 1. The first-order chi connectivity index (χ1) is 15.9. The predicted octanol–water partition coefficient (Wildman–Crippen LogP) is 3.82. The number of aromatic nitrogens is 4. The summed E-state index contributed by atoms with van der Waals surface area (Å²) >= 11 is 1.60. The van der Waals surface area contributed by atoms with Gasteiger partial charge in [0.05, 0.1) is 20.8 Å². The zero-order chi connectivity index (χ0) is 23.3. The number of H-pyrrole nitrogens is 1. The molecule has 3 N–H and O–H groups in total. The van der Waals surface area contributed by atoms with E-state index >= 15 is 0 Å². The fourth-order valence-corrected chi connectivity index (χ4v) is 6.24. The fraction of sp³-hybridized carbons (Fsp3) is 0.458. The Morgan fingerprint density at radius 2 is 2.09 bits per heavy atom. The molecule has 1 aliphatic rings. The minimum atomic E-state index is 0.104. The quantitative estimate of drug-likeness (QED) is 0.467. The number of aryl methyl sites for hydroxylation is 1. The zero-order valence-electron chi connectivity index (χ0n) is 19.6. The molecular formula is C24H31N7OS. The average Bonchev–Trinajstić information content (AvgIpc) is 3.52. The summed E-state index contributed by atoms with van der Waals surface area (Å²) < 4.78 is 2.98. The standard InChI is InChI=1S/C24H31N7OS/c1-14(2)20-21(16-9-15(3)23-26-13-27-31(23)11-16)28-18-10-19(33-22(18)20)24(32)29(4)17-5-7-30(12-25)8-6-17/h9-11,13-14,17,28H,5-8,12,25H2,1-4H3. The highest BCUT2D eigenvalue weighted by molar-refractivity contribution is 7.21. The third kappa shape index (κ3) is 3.84. The number of likely N-dealkylation sites (tertiary alicyclic amines) is 1. The molecule has 0 unspecified atom stereocenters. The van der Waals surface area contributed by atoms with Crippen LogP contribution in [-0.4, -0.2) is 68.1 Å². The van der Waals surface area contributed by atoms with Gasteiger partial charge < -0.3 is 15.6 Å². The molecule has 0 spiro atoms. The van der Waals surface area contributed by atoms with Crippen molar-refractivity contribution in [3.63, 3.8) is 0 Å². The fourth-order valence-electron chi connectivity index (χ4n) is 4.94. The molecule has 5 rings (SSSR count). The van der Waals surface area contributed by atoms with E-state index in [1.54, 1.807) is 17.7 Å². The number of fused-ring (bicyclic) bond motifs is 2. The molecule has 1 aliphatic heterocycles. The van der Waals surface area contributed by atoms with E-state index in [1.165, 1.54) is 5.56 Å². The van der Waals surface area contributed by atoms with Crippen molar-refractivity contribution in [2.45, 2.75) is 45.6 Å². The number of carbonyl (C=O) groups is 1. The second-order valence-corrected chi connectivity index (χ2v) is 10.4. The molecule has 0 bridgehead atoms. The SMILES string of the molecule is Cc1cc(-c2[nH]c3cc(C(=O)N(C)C4CCN(CN)CC4)sc3c2C(C)C)cn2ncnc12. The van der Waals surface area contributed by atoms with E-state index in [0.717, 1.165) is 63.5 Å². The lowest BCUT2D eigenvalue weighted by molar-refractivity contribution is 0.0649. The molecule has 9 heteroatoms. The number of nitrogens with one attached hydrogen (secondary N) is 1. The summed E-state index contributed by atoms with van der Waals surface area (Å²) in [5.41, 5.74) is 12.1. The third-order valence-electron chi connectivity index (χ3n) is 6.83. The molecule has 0 aliphatic carbocycles. The summed E-state index contributed by atoms with van der Waals surface area (Å²) in [6.07, 6.45) is 5.53. The van der Waals surface area contributed by atoms with E-state index in [2.05, 4.69) is 46.8 Å². The predicted molar refractivity (Wildman–Crippen MR) is 133 cm³/mol. The first-order valence-electron chi connectivity index (χ1n) is 11.5. The summed E-state index contributed by atoms with van der Waals surface area (Å²) in [5.74, 6) is 0.410. The van der Waals surface area contributed by atoms with Crippen LogP contribution in [-0.2, 0) is 0 Å². The Labute approximate surface area is 197 Å². The molecule has 0 saturated carbocycles. The van der Waals surface area contributed by atoms with Gasteiger partial charge in [0.25, 0.3) is 5.91 Å². The maximum absolute atomic E-state index is 13.3. The number of pyridine rings is 1. The molecule has 33 heavy (non-hydrogen) atoms. The van der Waals surface area contributed by atoms with E-state index in [-0.39, 0.29) is 11.9 Å². The smallest absolute Gasteiger partial charge is 0.264 e. The number of rotatable bonds is 5. The van der Waals surface area contributed by atoms with Crippen LogP contribution in [0.1, 0.15) is 53.4 Å². The third-order valence-corrected chi connectivity index (χ3v) is 7.98. The van der Waals surface area contributed by atoms with Gasteiger partial charge in [-0.25, -0.2) is 9.50 Å². The molecule has 1 fully saturated rings. The Balaban J connectivity index is 1.48. The van der Waals surface area contributed by atoms with Crippen LogP contribution in [0.25, 0.3) is 27.1 Å². The van der Waals surface area contributed by atoms with Gasteiger partial charge in [0.15, 0.2) is 5.65 Å². The number of hydrogen-bond donors (Lipinski definition) is 2. The van der Waals surface area contributed by atoms with E-state index < -0.39 is 0 Å². The van der Waals surface area contributed by atoms with Gasteiger partial charge >= 0.3 is 0 Å². The van der Waals surface area contributed by atoms with Crippen LogP contribution in [0.3, 0.4) is 0 Å². The lowest BCUT2D eigenvalue weighted by atomic mass is 9.99. The molecule has 0 atom stereocenters. The minimum Gasteiger partial charge on any atom is -0.354 e. The number of piperidine rings is 1. The topological polar surface area (TPSA) is 95.5 Å². The summed E-state index contributed by atoms with van der Waals surface area (Å²) in [5, 5.41) is 4.33. The number of nitrogens with zero attached hydrogens (tertiary/aromatic N) is 5. The Morgan fingerprint density at radius 3 is 2.79 bits per heavy atom. The molecular weight excluding hydrogens is 434 g/mol. The van der Waals surface area contributed by atoms with Crippen LogP contribution in [0.4, 0.5) is 0 Å². The van der Waals surface area contributed by atoms with Gasteiger partial charge in [-0.05, 0) is 48.9 Å².